The number of methoxy groups -OCH3 is 1. The van der Waals surface area contributed by atoms with Crippen LogP contribution in [0.4, 0.5) is 5.69 Å². The van der Waals surface area contributed by atoms with Crippen LogP contribution in [0.3, 0.4) is 0 Å². The van der Waals surface area contributed by atoms with Crippen LogP contribution in [0.15, 0.2) is 11.0 Å². The fourth-order valence-electron chi connectivity index (χ4n) is 1.55. The van der Waals surface area contributed by atoms with E-state index < -0.39 is 0 Å². The smallest absolute Gasteiger partial charge is 0.287 e. The molecule has 1 heterocycles. The summed E-state index contributed by atoms with van der Waals surface area (Å²) < 4.78 is 6.16. The van der Waals surface area contributed by atoms with Gasteiger partial charge >= 0.3 is 0 Å². The summed E-state index contributed by atoms with van der Waals surface area (Å²) in [4.78, 5) is 11.9. The van der Waals surface area contributed by atoms with Crippen LogP contribution in [0.25, 0.3) is 0 Å². The maximum absolute atomic E-state index is 11.9. The Balaban J connectivity index is 2.61. The maximum Gasteiger partial charge on any atom is 0.287 e. The van der Waals surface area contributed by atoms with E-state index in [-0.39, 0.29) is 16.7 Å². The van der Waals surface area contributed by atoms with Crippen LogP contribution in [-0.4, -0.2) is 41.3 Å². The van der Waals surface area contributed by atoms with Gasteiger partial charge < -0.3 is 15.2 Å². The molecule has 0 aromatic carbocycles. The first-order chi connectivity index (χ1) is 9.06. The number of aliphatic hydroxyl groups is 1. The summed E-state index contributed by atoms with van der Waals surface area (Å²) in [6.07, 6.45) is 2.70. The second kappa shape index (κ2) is 8.14. The predicted molar refractivity (Wildman–Crippen MR) is 74.8 cm³/mol. The number of aliphatic hydroxyl groups excluding tert-OH is 1. The average Bonchev–Trinajstić information content (AvgIpc) is 2.38. The predicted octanol–water partition coefficient (Wildman–Crippen LogP) is 1.12. The summed E-state index contributed by atoms with van der Waals surface area (Å²) in [6.45, 7) is 3.15. The number of hydrogen-bond acceptors (Lipinski definition) is 5. The Bertz CT molecular complexity index is 448. The van der Waals surface area contributed by atoms with Crippen molar-refractivity contribution < 1.29 is 9.84 Å². The second-order valence-corrected chi connectivity index (χ2v) is 4.69. The molecule has 108 valence electrons. The van der Waals surface area contributed by atoms with Gasteiger partial charge in [0.05, 0.1) is 31.1 Å². The topological polar surface area (TPSA) is 76.4 Å². The quantitative estimate of drug-likeness (QED) is 0.701. The third kappa shape index (κ3) is 5.18. The summed E-state index contributed by atoms with van der Waals surface area (Å²) >= 11 is 5.99. The lowest BCUT2D eigenvalue weighted by molar-refractivity contribution is 0.182. The van der Waals surface area contributed by atoms with Crippen molar-refractivity contribution in [3.05, 3.63) is 21.6 Å². The summed E-state index contributed by atoms with van der Waals surface area (Å²) in [5, 5.41) is 16.3. The number of rotatable bonds is 8. The highest BCUT2D eigenvalue weighted by Crippen LogP contribution is 2.15. The summed E-state index contributed by atoms with van der Waals surface area (Å²) in [7, 11) is 1.56. The number of ether oxygens (including phenoxy) is 1. The normalized spacial score (nSPS) is 12.4. The number of halogens is 1. The third-order valence-corrected chi connectivity index (χ3v) is 2.97. The standard InChI is InChI=1S/C12H20ClN3O3/c1-9(17)4-3-5-14-10-8-15-16(6-7-19-2)12(18)11(10)13/h8-9,14,17H,3-7H2,1-2H3. The molecule has 19 heavy (non-hydrogen) atoms. The first-order valence-electron chi connectivity index (χ1n) is 6.22. The minimum Gasteiger partial charge on any atom is -0.393 e. The molecule has 0 spiro atoms. The molecule has 6 nitrogen and oxygen atoms in total. The lowest BCUT2D eigenvalue weighted by atomic mass is 10.2. The molecule has 0 saturated heterocycles. The highest BCUT2D eigenvalue weighted by atomic mass is 35.5. The number of nitrogens with one attached hydrogen (secondary N) is 1. The van der Waals surface area contributed by atoms with Crippen LogP contribution in [0.2, 0.25) is 5.02 Å². The molecule has 0 amide bonds. The Kier molecular flexibility index (Phi) is 6.83. The molecule has 1 aromatic rings. The van der Waals surface area contributed by atoms with Crippen molar-refractivity contribution in [2.75, 3.05) is 25.6 Å². The van der Waals surface area contributed by atoms with Crippen LogP contribution in [0.5, 0.6) is 0 Å². The molecule has 0 aliphatic rings. The van der Waals surface area contributed by atoms with Crippen LogP contribution < -0.4 is 10.9 Å². The van der Waals surface area contributed by atoms with Crippen molar-refractivity contribution in [1.29, 1.82) is 0 Å². The van der Waals surface area contributed by atoms with Gasteiger partial charge in [0.15, 0.2) is 0 Å². The van der Waals surface area contributed by atoms with Crippen LogP contribution >= 0.6 is 11.6 Å². The van der Waals surface area contributed by atoms with Gasteiger partial charge in [-0.2, -0.15) is 5.10 Å². The molecular weight excluding hydrogens is 270 g/mol. The van der Waals surface area contributed by atoms with Crippen molar-refractivity contribution in [3.63, 3.8) is 0 Å². The molecule has 1 rings (SSSR count). The van der Waals surface area contributed by atoms with E-state index in [4.69, 9.17) is 21.4 Å². The summed E-state index contributed by atoms with van der Waals surface area (Å²) in [6, 6.07) is 0. The SMILES string of the molecule is COCCn1ncc(NCCCC(C)O)c(Cl)c1=O. The van der Waals surface area contributed by atoms with Gasteiger partial charge in [0.25, 0.3) is 5.56 Å². The molecule has 1 atom stereocenters. The zero-order chi connectivity index (χ0) is 14.3. The van der Waals surface area contributed by atoms with Gasteiger partial charge in [-0.1, -0.05) is 11.6 Å². The van der Waals surface area contributed by atoms with Crippen molar-refractivity contribution in [2.24, 2.45) is 0 Å². The summed E-state index contributed by atoms with van der Waals surface area (Å²) in [5.41, 5.74) is 0.185. The second-order valence-electron chi connectivity index (χ2n) is 4.31. The van der Waals surface area contributed by atoms with E-state index in [0.717, 1.165) is 6.42 Å². The van der Waals surface area contributed by atoms with E-state index in [0.29, 0.717) is 31.8 Å². The van der Waals surface area contributed by atoms with E-state index in [1.54, 1.807) is 14.0 Å². The highest BCUT2D eigenvalue weighted by Gasteiger charge is 2.08. The van der Waals surface area contributed by atoms with Gasteiger partial charge in [0.1, 0.15) is 5.02 Å². The first kappa shape index (κ1) is 15.9. The fraction of sp³-hybridized carbons (Fsp3) is 0.667. The zero-order valence-corrected chi connectivity index (χ0v) is 12.0. The van der Waals surface area contributed by atoms with Crippen molar-refractivity contribution in [2.45, 2.75) is 32.4 Å². The van der Waals surface area contributed by atoms with Crippen LogP contribution in [0.1, 0.15) is 19.8 Å². The Hall–Kier alpha value is -1.11. The average molecular weight is 290 g/mol. The van der Waals surface area contributed by atoms with Gasteiger partial charge in [-0.3, -0.25) is 4.79 Å². The lowest BCUT2D eigenvalue weighted by Crippen LogP contribution is -2.26. The maximum atomic E-state index is 11.9. The Morgan fingerprint density at radius 2 is 2.37 bits per heavy atom. The minimum absolute atomic E-state index is 0.128. The molecule has 0 aliphatic heterocycles. The highest BCUT2D eigenvalue weighted by molar-refractivity contribution is 6.32. The number of nitrogens with zero attached hydrogens (tertiary/aromatic N) is 2. The van der Waals surface area contributed by atoms with Crippen molar-refractivity contribution in [1.82, 2.24) is 9.78 Å². The molecular formula is C12H20ClN3O3. The number of hydrogen-bond donors (Lipinski definition) is 2. The monoisotopic (exact) mass is 289 g/mol. The zero-order valence-electron chi connectivity index (χ0n) is 11.2. The Labute approximate surface area is 117 Å². The van der Waals surface area contributed by atoms with Crippen molar-refractivity contribution >= 4 is 17.3 Å². The van der Waals surface area contributed by atoms with Gasteiger partial charge in [0.2, 0.25) is 0 Å². The molecule has 0 saturated carbocycles. The molecule has 0 fully saturated rings. The number of anilines is 1. The number of aromatic nitrogens is 2. The fourth-order valence-corrected chi connectivity index (χ4v) is 1.76. The van der Waals surface area contributed by atoms with Gasteiger partial charge in [-0.15, -0.1) is 0 Å². The molecule has 1 unspecified atom stereocenters. The Morgan fingerprint density at radius 1 is 1.63 bits per heavy atom. The lowest BCUT2D eigenvalue weighted by Gasteiger charge is -2.10. The Morgan fingerprint density at radius 3 is 3.00 bits per heavy atom. The van der Waals surface area contributed by atoms with Crippen LogP contribution in [-0.2, 0) is 11.3 Å². The molecule has 0 radical (unpaired) electrons. The van der Waals surface area contributed by atoms with E-state index >= 15 is 0 Å². The summed E-state index contributed by atoms with van der Waals surface area (Å²) in [5.74, 6) is 0. The van der Waals surface area contributed by atoms with E-state index in [1.807, 2.05) is 0 Å². The van der Waals surface area contributed by atoms with Crippen LogP contribution in [0, 0.1) is 0 Å². The first-order valence-corrected chi connectivity index (χ1v) is 6.60. The molecule has 2 N–H and O–H groups in total. The van der Waals surface area contributed by atoms with E-state index in [1.165, 1.54) is 10.9 Å². The molecule has 0 bridgehead atoms. The molecule has 0 aliphatic carbocycles. The van der Waals surface area contributed by atoms with Gasteiger partial charge in [-0.25, -0.2) is 4.68 Å². The largest absolute Gasteiger partial charge is 0.393 e. The van der Waals surface area contributed by atoms with Gasteiger partial charge in [-0.05, 0) is 19.8 Å². The minimum atomic E-state index is -0.334. The van der Waals surface area contributed by atoms with Crippen molar-refractivity contribution in [3.8, 4) is 0 Å². The molecule has 7 heteroatoms. The van der Waals surface area contributed by atoms with Gasteiger partial charge in [0, 0.05) is 13.7 Å². The molecule has 1 aromatic heterocycles. The third-order valence-electron chi connectivity index (χ3n) is 2.61. The van der Waals surface area contributed by atoms with E-state index in [2.05, 4.69) is 10.4 Å². The van der Waals surface area contributed by atoms with E-state index in [9.17, 15) is 4.79 Å².